The molecule has 150 valence electrons. The van der Waals surface area contributed by atoms with E-state index in [-0.39, 0.29) is 12.5 Å². The molecular weight excluding hydrogens is 374 g/mol. The molecule has 2 aliphatic carbocycles. The van der Waals surface area contributed by atoms with Crippen molar-refractivity contribution in [2.45, 2.75) is 69.1 Å². The lowest BCUT2D eigenvalue weighted by Gasteiger charge is -2.31. The number of halogens is 2. The van der Waals surface area contributed by atoms with Gasteiger partial charge in [0.1, 0.15) is 6.10 Å². The Labute approximate surface area is 151 Å². The fourth-order valence-corrected chi connectivity index (χ4v) is 3.67. The summed E-state index contributed by atoms with van der Waals surface area (Å²) in [5.74, 6) is -3.33. The molecule has 0 aliphatic heterocycles. The summed E-state index contributed by atoms with van der Waals surface area (Å²) in [7, 11) is -5.68. The molecule has 0 aromatic heterocycles. The van der Waals surface area contributed by atoms with Gasteiger partial charge in [-0.15, -0.1) is 0 Å². The molecule has 0 amide bonds. The largest absolute Gasteiger partial charge is 0.462 e. The molecule has 0 aromatic carbocycles. The normalized spacial score (nSPS) is 25.5. The molecule has 0 spiro atoms. The van der Waals surface area contributed by atoms with Crippen molar-refractivity contribution in [1.29, 1.82) is 0 Å². The summed E-state index contributed by atoms with van der Waals surface area (Å²) >= 11 is 0. The second-order valence-corrected chi connectivity index (χ2v) is 8.46. The van der Waals surface area contributed by atoms with Crippen LogP contribution >= 0.6 is 0 Å². The maximum atomic E-state index is 13.2. The highest BCUT2D eigenvalue weighted by Crippen LogP contribution is 2.34. The maximum absolute atomic E-state index is 13.2. The van der Waals surface area contributed by atoms with E-state index < -0.39 is 45.8 Å². The number of carbonyl (C=O) groups is 2. The number of hydrogen-bond acceptors (Lipinski definition) is 6. The van der Waals surface area contributed by atoms with Crippen LogP contribution < -0.4 is 0 Å². The minimum Gasteiger partial charge on any atom is -0.462 e. The van der Waals surface area contributed by atoms with E-state index in [1.54, 1.807) is 0 Å². The number of ether oxygens (including phenoxy) is 2. The minimum absolute atomic E-state index is 0.182. The number of carbonyl (C=O) groups excluding carboxylic acids is 2. The van der Waals surface area contributed by atoms with E-state index in [0.29, 0.717) is 19.3 Å². The molecule has 2 saturated carbocycles. The van der Waals surface area contributed by atoms with Crippen molar-refractivity contribution in [3.05, 3.63) is 0 Å². The third kappa shape index (κ3) is 5.35. The zero-order valence-electron chi connectivity index (χ0n) is 14.4. The molecule has 1 N–H and O–H groups in total. The van der Waals surface area contributed by atoms with E-state index in [1.807, 2.05) is 0 Å². The van der Waals surface area contributed by atoms with E-state index in [2.05, 4.69) is 4.74 Å². The predicted molar refractivity (Wildman–Crippen MR) is 85.9 cm³/mol. The van der Waals surface area contributed by atoms with Crippen LogP contribution in [-0.4, -0.2) is 42.9 Å². The second kappa shape index (κ2) is 8.60. The zero-order valence-corrected chi connectivity index (χ0v) is 15.2. The quantitative estimate of drug-likeness (QED) is 0.541. The van der Waals surface area contributed by atoms with Crippen LogP contribution in [0.15, 0.2) is 0 Å². The second-order valence-electron chi connectivity index (χ2n) is 6.91. The summed E-state index contributed by atoms with van der Waals surface area (Å²) in [5, 5.41) is -4.59. The number of hydrogen-bond donors (Lipinski definition) is 1. The van der Waals surface area contributed by atoms with Gasteiger partial charge in [-0.05, 0) is 38.5 Å². The summed E-state index contributed by atoms with van der Waals surface area (Å²) in [6, 6.07) is 0. The molecule has 0 bridgehead atoms. The van der Waals surface area contributed by atoms with Crippen LogP contribution in [0.4, 0.5) is 8.78 Å². The van der Waals surface area contributed by atoms with E-state index in [0.717, 1.165) is 32.1 Å². The molecule has 2 rings (SSSR count). The number of esters is 2. The molecule has 0 saturated heterocycles. The molecule has 2 atom stereocenters. The van der Waals surface area contributed by atoms with E-state index in [9.17, 15) is 26.8 Å². The molecule has 0 aromatic rings. The van der Waals surface area contributed by atoms with Crippen LogP contribution in [-0.2, 0) is 29.2 Å². The Hall–Kier alpha value is -1.29. The van der Waals surface area contributed by atoms with Crippen molar-refractivity contribution >= 4 is 22.1 Å². The Morgan fingerprint density at radius 3 is 1.96 bits per heavy atom. The smallest absolute Gasteiger partial charge is 0.402 e. The molecule has 2 aliphatic rings. The maximum Gasteiger partial charge on any atom is 0.402 e. The highest BCUT2D eigenvalue weighted by atomic mass is 32.2. The van der Waals surface area contributed by atoms with Crippen LogP contribution in [0.3, 0.4) is 0 Å². The van der Waals surface area contributed by atoms with Gasteiger partial charge in [0.2, 0.25) is 0 Å². The van der Waals surface area contributed by atoms with Crippen molar-refractivity contribution in [2.75, 3.05) is 6.61 Å². The monoisotopic (exact) mass is 398 g/mol. The van der Waals surface area contributed by atoms with E-state index >= 15 is 0 Å². The van der Waals surface area contributed by atoms with Gasteiger partial charge in [-0.2, -0.15) is 17.2 Å². The minimum atomic E-state index is -5.68. The van der Waals surface area contributed by atoms with Gasteiger partial charge in [0.15, 0.2) is 6.61 Å². The van der Waals surface area contributed by atoms with E-state index in [1.165, 1.54) is 0 Å². The van der Waals surface area contributed by atoms with E-state index in [4.69, 9.17) is 9.29 Å². The van der Waals surface area contributed by atoms with Crippen molar-refractivity contribution in [2.24, 2.45) is 11.8 Å². The standard InChI is InChI=1S/C16H24F2O7S/c17-16(18,26(21,22)23)10-24-14(19)12-8-4-5-9-13(12)15(20)25-11-6-2-1-3-7-11/h11-13H,1-10H2,(H,21,22,23). The lowest BCUT2D eigenvalue weighted by molar-refractivity contribution is -0.169. The van der Waals surface area contributed by atoms with Crippen LogP contribution in [0.1, 0.15) is 57.8 Å². The Balaban J connectivity index is 1.96. The number of alkyl halides is 2. The van der Waals surface area contributed by atoms with Crippen molar-refractivity contribution in [1.82, 2.24) is 0 Å². The highest BCUT2D eigenvalue weighted by molar-refractivity contribution is 7.86. The SMILES string of the molecule is O=C(OCC(F)(F)S(=O)(=O)O)C1CCCCC1C(=O)OC1CCCCC1. The van der Waals surface area contributed by atoms with Crippen molar-refractivity contribution in [3.63, 3.8) is 0 Å². The molecule has 2 unspecified atom stereocenters. The Kier molecular flexibility index (Phi) is 6.95. The third-order valence-corrected chi connectivity index (χ3v) is 5.84. The van der Waals surface area contributed by atoms with Gasteiger partial charge < -0.3 is 9.47 Å². The van der Waals surface area contributed by atoms with Crippen LogP contribution in [0.2, 0.25) is 0 Å². The average molecular weight is 398 g/mol. The Morgan fingerprint density at radius 1 is 0.923 bits per heavy atom. The first-order valence-electron chi connectivity index (χ1n) is 8.84. The van der Waals surface area contributed by atoms with Gasteiger partial charge in [0, 0.05) is 0 Å². The summed E-state index contributed by atoms with van der Waals surface area (Å²) in [6.45, 7) is -1.79. The molecule has 7 nitrogen and oxygen atoms in total. The van der Waals surface area contributed by atoms with Crippen LogP contribution in [0, 0.1) is 11.8 Å². The van der Waals surface area contributed by atoms with Crippen LogP contribution in [0.25, 0.3) is 0 Å². The van der Waals surface area contributed by atoms with Gasteiger partial charge in [0.25, 0.3) is 0 Å². The molecule has 0 radical (unpaired) electrons. The van der Waals surface area contributed by atoms with Gasteiger partial charge in [-0.25, -0.2) is 0 Å². The first kappa shape index (κ1) is 21.0. The Bertz CT molecular complexity index is 614. The first-order valence-corrected chi connectivity index (χ1v) is 10.3. The first-order chi connectivity index (χ1) is 12.1. The van der Waals surface area contributed by atoms with Gasteiger partial charge in [-0.3, -0.25) is 14.1 Å². The lowest BCUT2D eigenvalue weighted by atomic mass is 9.79. The molecule has 26 heavy (non-hydrogen) atoms. The van der Waals surface area contributed by atoms with Gasteiger partial charge in [-0.1, -0.05) is 19.3 Å². The fourth-order valence-electron chi connectivity index (χ4n) is 3.47. The van der Waals surface area contributed by atoms with Crippen molar-refractivity contribution in [3.8, 4) is 0 Å². The predicted octanol–water partition coefficient (Wildman–Crippen LogP) is 2.69. The zero-order chi connectivity index (χ0) is 19.4. The van der Waals surface area contributed by atoms with Crippen molar-refractivity contribution < 1.29 is 40.8 Å². The summed E-state index contributed by atoms with van der Waals surface area (Å²) in [5.41, 5.74) is 0. The average Bonchev–Trinajstić information content (AvgIpc) is 2.59. The highest BCUT2D eigenvalue weighted by Gasteiger charge is 2.47. The molecule has 10 heteroatoms. The van der Waals surface area contributed by atoms with Gasteiger partial charge in [0.05, 0.1) is 11.8 Å². The fraction of sp³-hybridized carbons (Fsp3) is 0.875. The lowest BCUT2D eigenvalue weighted by Crippen LogP contribution is -2.40. The van der Waals surface area contributed by atoms with Crippen LogP contribution in [0.5, 0.6) is 0 Å². The summed E-state index contributed by atoms with van der Waals surface area (Å²) in [4.78, 5) is 24.6. The Morgan fingerprint density at radius 2 is 1.42 bits per heavy atom. The summed E-state index contributed by atoms with van der Waals surface area (Å²) < 4.78 is 65.9. The topological polar surface area (TPSA) is 107 Å². The summed E-state index contributed by atoms with van der Waals surface area (Å²) in [6.07, 6.45) is 6.39. The third-order valence-electron chi connectivity index (χ3n) is 4.97. The molecule has 0 heterocycles. The number of rotatable bonds is 6. The molecule has 2 fully saturated rings. The van der Waals surface area contributed by atoms with Gasteiger partial charge >= 0.3 is 27.3 Å². The molecular formula is C16H24F2O7S.